The van der Waals surface area contributed by atoms with E-state index in [9.17, 15) is 75.0 Å². The summed E-state index contributed by atoms with van der Waals surface area (Å²) in [4.78, 5) is 60.4. The van der Waals surface area contributed by atoms with Crippen molar-refractivity contribution in [3.05, 3.63) is 0 Å². The highest BCUT2D eigenvalue weighted by atomic mass is 16.8. The fraction of sp³-hybridized carbons (Fsp3) is 0.828. The normalized spacial score (nSPS) is 38.5. The molecule has 0 aromatic rings. The molecular weight excluding hydrogens is 728 g/mol. The largest absolute Gasteiger partial charge is 0.477 e. The van der Waals surface area contributed by atoms with Gasteiger partial charge in [-0.15, -0.1) is 0 Å². The summed E-state index contributed by atoms with van der Waals surface area (Å²) >= 11 is 0. The number of hydrogen-bond donors (Lipinski definition) is 12. The standard InChI is InChI=1S/C29H46N2O22/c1-9(35)30-18-20(42)23(15(6-33)49-26(18)44)51-27-21(43)25(19(41)14(5-32)50-27)53-29(28(45)46)4-12(38)17(31-16(40)7-34)24(52-29)22(48-11(3)37)13(39)8-47-10(2)36/h12-15,17-27,32-34,38-39,41-44H,4-8H2,1-3H3,(H,30,35)(H,31,40)(H,45,46)/t12-,13+,14+,15+,17+,18+,19-,20+,21+,22+,23+,24+,25-,26?,27-,29-/m0/s1. The molecule has 0 aromatic heterocycles. The summed E-state index contributed by atoms with van der Waals surface area (Å²) in [6, 6.07) is -3.32. The van der Waals surface area contributed by atoms with Crippen LogP contribution in [0.5, 0.6) is 0 Å². The van der Waals surface area contributed by atoms with E-state index in [0.717, 1.165) is 20.8 Å². The number of aliphatic hydroxyl groups excluding tert-OH is 9. The number of aliphatic hydroxyl groups is 9. The second kappa shape index (κ2) is 18.9. The number of carbonyl (C=O) groups excluding carboxylic acids is 4. The van der Waals surface area contributed by atoms with Crippen LogP contribution in [0.2, 0.25) is 0 Å². The smallest absolute Gasteiger partial charge is 0.364 e. The number of nitrogens with one attached hydrogen (secondary N) is 2. The van der Waals surface area contributed by atoms with E-state index in [0.29, 0.717) is 0 Å². The highest BCUT2D eigenvalue weighted by Crippen LogP contribution is 2.39. The molecule has 2 amide bonds. The molecule has 0 aliphatic carbocycles. The van der Waals surface area contributed by atoms with E-state index < -0.39 is 160 Å². The van der Waals surface area contributed by atoms with Crippen molar-refractivity contribution in [2.75, 3.05) is 26.4 Å². The van der Waals surface area contributed by atoms with Gasteiger partial charge >= 0.3 is 17.9 Å². The van der Waals surface area contributed by atoms with Crippen molar-refractivity contribution in [3.63, 3.8) is 0 Å². The van der Waals surface area contributed by atoms with Crippen LogP contribution in [-0.4, -0.2) is 205 Å². The van der Waals surface area contributed by atoms with Crippen molar-refractivity contribution in [1.29, 1.82) is 0 Å². The van der Waals surface area contributed by atoms with Crippen LogP contribution in [0.3, 0.4) is 0 Å². The molecule has 53 heavy (non-hydrogen) atoms. The van der Waals surface area contributed by atoms with Crippen molar-refractivity contribution < 1.29 is 108 Å². The Balaban J connectivity index is 2.03. The second-order valence-corrected chi connectivity index (χ2v) is 12.5. The molecule has 0 aromatic carbocycles. The number of esters is 2. The summed E-state index contributed by atoms with van der Waals surface area (Å²) < 4.78 is 37.7. The summed E-state index contributed by atoms with van der Waals surface area (Å²) in [7, 11) is 0. The fourth-order valence-electron chi connectivity index (χ4n) is 6.08. The zero-order valence-corrected chi connectivity index (χ0v) is 28.6. The summed E-state index contributed by atoms with van der Waals surface area (Å²) in [5, 5.41) is 110. The van der Waals surface area contributed by atoms with Crippen molar-refractivity contribution in [2.45, 2.75) is 125 Å². The Bertz CT molecular complexity index is 1290. The minimum atomic E-state index is -3.18. The lowest BCUT2D eigenvalue weighted by atomic mass is 9.87. The van der Waals surface area contributed by atoms with E-state index in [-0.39, 0.29) is 0 Å². The van der Waals surface area contributed by atoms with Gasteiger partial charge in [-0.05, 0) is 0 Å². The highest BCUT2D eigenvalue weighted by molar-refractivity contribution is 5.78. The van der Waals surface area contributed by atoms with Crippen LogP contribution in [0.4, 0.5) is 0 Å². The molecule has 3 heterocycles. The summed E-state index contributed by atoms with van der Waals surface area (Å²) in [5.41, 5.74) is 0. The van der Waals surface area contributed by atoms with Gasteiger partial charge in [-0.3, -0.25) is 19.2 Å². The van der Waals surface area contributed by atoms with Crippen molar-refractivity contribution >= 4 is 29.7 Å². The van der Waals surface area contributed by atoms with Gasteiger partial charge in [0, 0.05) is 27.2 Å². The Hall–Kier alpha value is -3.21. The number of carboxylic acid groups (broad SMARTS) is 1. The first-order valence-electron chi connectivity index (χ1n) is 16.1. The lowest BCUT2D eigenvalue weighted by molar-refractivity contribution is -0.382. The number of aliphatic carboxylic acids is 1. The second-order valence-electron chi connectivity index (χ2n) is 12.5. The van der Waals surface area contributed by atoms with Gasteiger partial charge in [-0.1, -0.05) is 0 Å². The molecule has 0 radical (unpaired) electrons. The van der Waals surface area contributed by atoms with Crippen LogP contribution in [0.25, 0.3) is 0 Å². The highest BCUT2D eigenvalue weighted by Gasteiger charge is 2.61. The van der Waals surface area contributed by atoms with Gasteiger partial charge in [-0.2, -0.15) is 0 Å². The third-order valence-electron chi connectivity index (χ3n) is 8.51. The molecule has 0 spiro atoms. The molecule has 0 bridgehead atoms. The summed E-state index contributed by atoms with van der Waals surface area (Å²) in [6.45, 7) is -1.09. The molecule has 3 fully saturated rings. The number of amides is 2. The van der Waals surface area contributed by atoms with Gasteiger partial charge < -0.3 is 94.9 Å². The lowest BCUT2D eigenvalue weighted by Crippen LogP contribution is -2.71. The summed E-state index contributed by atoms with van der Waals surface area (Å²) in [6.07, 6.45) is -26.7. The van der Waals surface area contributed by atoms with E-state index in [1.165, 1.54) is 0 Å². The Kier molecular flexibility index (Phi) is 15.8. The minimum absolute atomic E-state index is 0.719. The third-order valence-corrected chi connectivity index (χ3v) is 8.51. The Labute approximate surface area is 300 Å². The van der Waals surface area contributed by atoms with E-state index in [4.69, 9.17) is 33.2 Å². The fourth-order valence-corrected chi connectivity index (χ4v) is 6.08. The van der Waals surface area contributed by atoms with Crippen molar-refractivity contribution in [3.8, 4) is 0 Å². The first-order chi connectivity index (χ1) is 24.8. The van der Waals surface area contributed by atoms with Crippen LogP contribution in [0.15, 0.2) is 0 Å². The maximum Gasteiger partial charge on any atom is 0.364 e. The van der Waals surface area contributed by atoms with Crippen molar-refractivity contribution in [1.82, 2.24) is 10.6 Å². The molecule has 304 valence electrons. The third kappa shape index (κ3) is 10.5. The predicted octanol–water partition coefficient (Wildman–Crippen LogP) is -7.97. The number of carboxylic acids is 1. The quantitative estimate of drug-likeness (QED) is 0.0687. The molecule has 16 atom stereocenters. The maximum atomic E-state index is 13.0. The minimum Gasteiger partial charge on any atom is -0.477 e. The van der Waals surface area contributed by atoms with Gasteiger partial charge in [-0.25, -0.2) is 4.79 Å². The number of hydrogen-bond acceptors (Lipinski definition) is 21. The molecule has 1 unspecified atom stereocenters. The average Bonchev–Trinajstić information content (AvgIpc) is 3.08. The topological polar surface area (TPSA) is 376 Å². The number of carbonyl (C=O) groups is 5. The van der Waals surface area contributed by atoms with Gasteiger partial charge in [0.2, 0.25) is 11.8 Å². The predicted molar refractivity (Wildman–Crippen MR) is 162 cm³/mol. The number of ether oxygens (including phenoxy) is 7. The molecule has 3 rings (SSSR count). The zero-order chi connectivity index (χ0) is 39.9. The van der Waals surface area contributed by atoms with Crippen LogP contribution >= 0.6 is 0 Å². The van der Waals surface area contributed by atoms with Gasteiger partial charge in [0.15, 0.2) is 18.7 Å². The van der Waals surface area contributed by atoms with E-state index in [1.54, 1.807) is 0 Å². The summed E-state index contributed by atoms with van der Waals surface area (Å²) in [5.74, 6) is -9.12. The van der Waals surface area contributed by atoms with Crippen LogP contribution in [-0.2, 0) is 57.1 Å². The monoisotopic (exact) mass is 774 g/mol. The van der Waals surface area contributed by atoms with Crippen LogP contribution < -0.4 is 10.6 Å². The Morgan fingerprint density at radius 2 is 1.47 bits per heavy atom. The van der Waals surface area contributed by atoms with Crippen LogP contribution in [0, 0.1) is 0 Å². The van der Waals surface area contributed by atoms with Gasteiger partial charge in [0.1, 0.15) is 74.2 Å². The van der Waals surface area contributed by atoms with Crippen molar-refractivity contribution in [2.24, 2.45) is 0 Å². The van der Waals surface area contributed by atoms with E-state index in [1.807, 2.05) is 0 Å². The van der Waals surface area contributed by atoms with E-state index in [2.05, 4.69) is 10.6 Å². The molecule has 3 aliphatic heterocycles. The molecule has 12 N–H and O–H groups in total. The molecular formula is C29H46N2O22. The molecule has 3 saturated heterocycles. The molecule has 24 nitrogen and oxygen atoms in total. The van der Waals surface area contributed by atoms with Gasteiger partial charge in [0.05, 0.1) is 25.4 Å². The molecule has 24 heteroatoms. The zero-order valence-electron chi connectivity index (χ0n) is 28.6. The lowest BCUT2D eigenvalue weighted by Gasteiger charge is -2.51. The SMILES string of the molecule is CC(=O)N[C@H]1C(O)O[C@H](CO)[C@@H](O[C@@H]2O[C@H](CO)[C@H](O)[C@H](O[C@]3(C(=O)O)C[C@H](O)[C@@H](NC(=O)CO)[C@H]([C@H](OC(C)=O)[C@H](O)COC(C)=O)O3)[C@H]2O)[C@@H]1O. The Morgan fingerprint density at radius 1 is 0.830 bits per heavy atom. The van der Waals surface area contributed by atoms with Gasteiger partial charge in [0.25, 0.3) is 5.79 Å². The Morgan fingerprint density at radius 3 is 2.00 bits per heavy atom. The van der Waals surface area contributed by atoms with Crippen LogP contribution in [0.1, 0.15) is 27.2 Å². The number of rotatable bonds is 15. The molecule has 3 aliphatic rings. The maximum absolute atomic E-state index is 13.0. The first kappa shape index (κ1) is 44.2. The van der Waals surface area contributed by atoms with E-state index >= 15 is 0 Å². The molecule has 0 saturated carbocycles. The first-order valence-corrected chi connectivity index (χ1v) is 16.1. The average molecular weight is 775 g/mol.